The Morgan fingerprint density at radius 2 is 1.64 bits per heavy atom. The number of pyridine rings is 1. The first kappa shape index (κ1) is 48.2. The van der Waals surface area contributed by atoms with E-state index in [2.05, 4.69) is 0 Å². The van der Waals surface area contributed by atoms with E-state index in [4.69, 9.17) is 18.9 Å². The van der Waals surface area contributed by atoms with Crippen molar-refractivity contribution in [2.24, 2.45) is 28.6 Å². The lowest BCUT2D eigenvalue weighted by atomic mass is 9.44. The second kappa shape index (κ2) is 17.5. The Morgan fingerprint density at radius 1 is 0.957 bits per heavy atom. The number of esters is 2. The molecule has 16 nitrogen and oxygen atoms in total. The minimum atomic E-state index is -2.13. The van der Waals surface area contributed by atoms with Crippen molar-refractivity contribution in [3.05, 3.63) is 93.1 Å². The van der Waals surface area contributed by atoms with Gasteiger partial charge >= 0.3 is 17.9 Å². The Labute approximate surface area is 396 Å². The lowest BCUT2D eigenvalue weighted by molar-refractivity contribution is -0.219. The number of carbonyl (C=O) groups excluding carboxylic acids is 4. The molecule has 0 amide bonds. The van der Waals surface area contributed by atoms with E-state index in [9.17, 15) is 44.1 Å². The second-order valence-corrected chi connectivity index (χ2v) is 20.2. The maximum absolute atomic E-state index is 17.5. The lowest BCUT2D eigenvalue weighted by Crippen LogP contribution is -2.69. The number of allylic oxidation sites excluding steroid dienone is 4. The molecule has 69 heavy (non-hydrogen) atoms. The van der Waals surface area contributed by atoms with Gasteiger partial charge in [0.25, 0.3) is 0 Å². The van der Waals surface area contributed by atoms with Gasteiger partial charge in [-0.05, 0) is 107 Å². The summed E-state index contributed by atoms with van der Waals surface area (Å²) in [5, 5.41) is 33.5. The molecule has 0 spiro atoms. The van der Waals surface area contributed by atoms with Crippen LogP contribution < -0.4 is 15.1 Å². The molecule has 3 aromatic rings. The number of ketones is 2. The number of piperazine rings is 1. The van der Waals surface area contributed by atoms with Crippen LogP contribution >= 0.6 is 0 Å². The van der Waals surface area contributed by atoms with Gasteiger partial charge in [0.1, 0.15) is 23.6 Å². The fourth-order valence-electron chi connectivity index (χ4n) is 12.7. The smallest absolute Gasteiger partial charge is 0.341 e. The molecule has 9 atom stereocenters. The van der Waals surface area contributed by atoms with Crippen LogP contribution in [0.5, 0.6) is 5.75 Å². The Balaban J connectivity index is 0.767. The number of Topliss-reactive ketones (excluding diaryl/α,β-unsaturated/α-hetero) is 1. The third-order valence-corrected chi connectivity index (χ3v) is 16.5. The number of alkyl halides is 1. The molecule has 9 rings (SSSR count). The van der Waals surface area contributed by atoms with Gasteiger partial charge in [-0.15, -0.1) is 0 Å². The van der Waals surface area contributed by atoms with Crippen LogP contribution in [0.3, 0.4) is 0 Å². The molecule has 0 radical (unpaired) electrons. The van der Waals surface area contributed by atoms with Gasteiger partial charge < -0.3 is 43.7 Å². The fraction of sp³-hybridized carbons (Fsp3) is 0.529. The molecule has 368 valence electrons. The summed E-state index contributed by atoms with van der Waals surface area (Å²) < 4.78 is 57.3. The number of fused-ring (bicyclic) bond motifs is 6. The van der Waals surface area contributed by atoms with Gasteiger partial charge in [-0.25, -0.2) is 23.2 Å². The third kappa shape index (κ3) is 7.60. The molecule has 4 saturated carbocycles. The number of methoxy groups -OCH3 is 1. The van der Waals surface area contributed by atoms with E-state index in [1.165, 1.54) is 49.7 Å². The van der Waals surface area contributed by atoms with Gasteiger partial charge in [-0.3, -0.25) is 19.3 Å². The largest absolute Gasteiger partial charge is 0.492 e. The number of ether oxygens (including phenoxy) is 4. The number of carboxylic acid groups (broad SMARTS) is 1. The van der Waals surface area contributed by atoms with Crippen LogP contribution in [0, 0.1) is 34.4 Å². The molecular weight excluding hydrogens is 901 g/mol. The third-order valence-electron chi connectivity index (χ3n) is 16.5. The number of aromatic carboxylic acids is 1. The van der Waals surface area contributed by atoms with Crippen LogP contribution in [0.4, 0.5) is 14.5 Å². The number of benzene rings is 2. The molecule has 1 aliphatic heterocycles. The van der Waals surface area contributed by atoms with E-state index in [1.807, 2.05) is 16.7 Å². The lowest BCUT2D eigenvalue weighted by Gasteiger charge is -2.62. The highest BCUT2D eigenvalue weighted by molar-refractivity contribution is 6.01. The highest BCUT2D eigenvalue weighted by atomic mass is 19.1. The number of hydrogen-bond acceptors (Lipinski definition) is 14. The Kier molecular flexibility index (Phi) is 12.3. The fourth-order valence-corrected chi connectivity index (χ4v) is 12.7. The van der Waals surface area contributed by atoms with E-state index in [0.29, 0.717) is 50.0 Å². The van der Waals surface area contributed by atoms with Gasteiger partial charge in [0.05, 0.1) is 35.2 Å². The molecule has 0 bridgehead atoms. The number of carboxylic acids is 1. The monoisotopic (exact) mass is 957 g/mol. The number of carbonyl (C=O) groups is 5. The highest BCUT2D eigenvalue weighted by Crippen LogP contribution is 2.70. The average molecular weight is 958 g/mol. The topological polar surface area (TPSA) is 211 Å². The van der Waals surface area contributed by atoms with Crippen LogP contribution in [-0.2, 0) is 23.8 Å². The zero-order valence-corrected chi connectivity index (χ0v) is 39.2. The van der Waals surface area contributed by atoms with Crippen molar-refractivity contribution in [3.63, 3.8) is 0 Å². The summed E-state index contributed by atoms with van der Waals surface area (Å²) in [7, 11) is 1.39. The van der Waals surface area contributed by atoms with Crippen molar-refractivity contribution >= 4 is 46.1 Å². The number of aromatic nitrogens is 1. The van der Waals surface area contributed by atoms with Crippen molar-refractivity contribution in [3.8, 4) is 5.75 Å². The van der Waals surface area contributed by atoms with Crippen LogP contribution in [0.15, 0.2) is 65.1 Å². The summed E-state index contributed by atoms with van der Waals surface area (Å²) in [6.07, 6.45) is 6.53. The summed E-state index contributed by atoms with van der Waals surface area (Å²) >= 11 is 0. The summed E-state index contributed by atoms with van der Waals surface area (Å²) in [4.78, 5) is 81.0. The van der Waals surface area contributed by atoms with Gasteiger partial charge in [-0.1, -0.05) is 25.5 Å². The normalized spacial score (nSPS) is 31.9. The van der Waals surface area contributed by atoms with E-state index in [0.717, 1.165) is 18.9 Å². The molecule has 5 aliphatic carbocycles. The predicted octanol–water partition coefficient (Wildman–Crippen LogP) is 5.56. The maximum Gasteiger partial charge on any atom is 0.341 e. The molecule has 1 saturated heterocycles. The van der Waals surface area contributed by atoms with Crippen LogP contribution in [-0.4, -0.2) is 125 Å². The molecule has 2 unspecified atom stereocenters. The van der Waals surface area contributed by atoms with Crippen LogP contribution in [0.25, 0.3) is 10.9 Å². The number of rotatable bonds is 13. The molecular formula is C51H57F2N3O13. The molecule has 1 aromatic heterocycles. The number of aliphatic hydroxyl groups excluding tert-OH is 1. The second-order valence-electron chi connectivity index (χ2n) is 20.2. The standard InChI is InChI=1S/C51H57F2N3O13/c1-27-18-37-36-13-10-31-19-33(57)14-15-48(31,3)50(36,53)39(58)21-49(37,4)51(27,65)40(59)24-68-46(63)29-6-8-30(9-7-29)47(64)69-26-67-25-55-17-16-54(22-28(55)2)42-38(52)20-34-41(44(42)66-5)56(32-11-12-32)23-35(43(34)60)45(61)62/h6-9,14-15,19-20,23,27-28,32,36-37,39,58,65H,10-13,16-18,21-22,24-26H2,1-5H3,(H,61,62)/t27-,28?,36?,37+,39+,48+,49+,50+,51+/m1/s1. The molecule has 5 fully saturated rings. The Hall–Kier alpha value is -5.82. The molecule has 18 heteroatoms. The molecule has 2 aromatic carbocycles. The highest BCUT2D eigenvalue weighted by Gasteiger charge is 2.75. The first-order chi connectivity index (χ1) is 32.7. The number of anilines is 1. The van der Waals surface area contributed by atoms with Gasteiger partial charge in [0.15, 0.2) is 36.4 Å². The average Bonchev–Trinajstić information content (AvgIpc) is 4.14. The van der Waals surface area contributed by atoms with Gasteiger partial charge in [0.2, 0.25) is 11.2 Å². The predicted molar refractivity (Wildman–Crippen MR) is 244 cm³/mol. The van der Waals surface area contributed by atoms with Crippen molar-refractivity contribution < 1.29 is 67.0 Å². The Bertz CT molecular complexity index is 2770. The van der Waals surface area contributed by atoms with Gasteiger partial charge in [0, 0.05) is 54.7 Å². The van der Waals surface area contributed by atoms with Crippen LogP contribution in [0.2, 0.25) is 0 Å². The van der Waals surface area contributed by atoms with Crippen molar-refractivity contribution in [1.29, 1.82) is 0 Å². The summed E-state index contributed by atoms with van der Waals surface area (Å²) in [6.45, 7) is 7.06. The first-order valence-electron chi connectivity index (χ1n) is 23.5. The molecule has 3 N–H and O–H groups in total. The number of nitrogens with zero attached hydrogens (tertiary/aromatic N) is 3. The van der Waals surface area contributed by atoms with E-state index < -0.39 is 99.9 Å². The first-order valence-corrected chi connectivity index (χ1v) is 23.5. The van der Waals surface area contributed by atoms with E-state index >= 15 is 8.78 Å². The van der Waals surface area contributed by atoms with E-state index in [1.54, 1.807) is 31.4 Å². The zero-order valence-electron chi connectivity index (χ0n) is 39.2. The van der Waals surface area contributed by atoms with Gasteiger partial charge in [-0.2, -0.15) is 0 Å². The van der Waals surface area contributed by atoms with Crippen molar-refractivity contribution in [2.45, 2.75) is 95.7 Å². The summed E-state index contributed by atoms with van der Waals surface area (Å²) in [5.41, 5.74) is -6.57. The van der Waals surface area contributed by atoms with Crippen molar-refractivity contribution in [2.75, 3.05) is 51.8 Å². The zero-order chi connectivity index (χ0) is 49.5. The van der Waals surface area contributed by atoms with Crippen LogP contribution in [0.1, 0.15) is 103 Å². The minimum Gasteiger partial charge on any atom is -0.492 e. The molecule has 2 heterocycles. The number of halogens is 2. The summed E-state index contributed by atoms with van der Waals surface area (Å²) in [6, 6.07) is 6.25. The molecule has 6 aliphatic rings. The SMILES string of the molecule is COc1c(N2CCN(COCOC(=O)c3ccc(C(=O)OCC(=O)[C@@]4(O)[C@H](C)C[C@H]5C6CCC7=CC(=O)C=C[C@]7(C)[C@@]6(F)[C@@H](O)C[C@@]54C)cc3)C(C)C2)c(F)cc2c(=O)c(C(=O)O)cn(C3CC3)c12. The number of hydrogen-bond donors (Lipinski definition) is 3. The minimum absolute atomic E-state index is 0.0266. The van der Waals surface area contributed by atoms with Crippen molar-refractivity contribution in [1.82, 2.24) is 9.47 Å². The summed E-state index contributed by atoms with van der Waals surface area (Å²) in [5.74, 6) is -6.38. The van der Waals surface area contributed by atoms with E-state index in [-0.39, 0.29) is 59.0 Å². The quantitative estimate of drug-likeness (QED) is 0.109. The maximum atomic E-state index is 17.5. The Morgan fingerprint density at radius 3 is 2.28 bits per heavy atom. The number of aliphatic hydroxyl groups is 2.